The highest BCUT2D eigenvalue weighted by Crippen LogP contribution is 2.26. The third kappa shape index (κ3) is 3.29. The molecule has 1 aromatic rings. The second-order valence-corrected chi connectivity index (χ2v) is 6.80. The zero-order valence-electron chi connectivity index (χ0n) is 13.6. The molecule has 1 aromatic carbocycles. The summed E-state index contributed by atoms with van der Waals surface area (Å²) in [6, 6.07) is 5.92. The van der Waals surface area contributed by atoms with E-state index in [2.05, 4.69) is 11.8 Å². The lowest BCUT2D eigenvalue weighted by molar-refractivity contribution is -0.147. The van der Waals surface area contributed by atoms with E-state index >= 15 is 0 Å². The van der Waals surface area contributed by atoms with Gasteiger partial charge in [-0.05, 0) is 24.6 Å². The Morgan fingerprint density at radius 3 is 2.35 bits per heavy atom. The number of hydrogen-bond acceptors (Lipinski definition) is 3. The quantitative estimate of drug-likeness (QED) is 0.827. The Balaban J connectivity index is 1.55. The highest BCUT2D eigenvalue weighted by atomic mass is 35.5. The topological polar surface area (TPSA) is 43.9 Å². The van der Waals surface area contributed by atoms with Crippen LogP contribution in [0.1, 0.15) is 12.5 Å². The van der Waals surface area contributed by atoms with Gasteiger partial charge in [0, 0.05) is 56.9 Å². The molecule has 0 aliphatic carbocycles. The first-order valence-corrected chi connectivity index (χ1v) is 8.39. The highest BCUT2D eigenvalue weighted by molar-refractivity contribution is 6.30. The smallest absolute Gasteiger partial charge is 0.229 e. The van der Waals surface area contributed by atoms with Crippen LogP contribution in [0.2, 0.25) is 5.02 Å². The van der Waals surface area contributed by atoms with Gasteiger partial charge in [0.15, 0.2) is 0 Å². The zero-order chi connectivity index (χ0) is 16.6. The Kier molecular flexibility index (Phi) is 4.48. The zero-order valence-corrected chi connectivity index (χ0v) is 14.3. The minimum Gasteiger partial charge on any atom is -0.368 e. The fourth-order valence-corrected chi connectivity index (χ4v) is 3.41. The largest absolute Gasteiger partial charge is 0.368 e. The molecule has 2 aliphatic heterocycles. The first-order valence-electron chi connectivity index (χ1n) is 8.01. The molecule has 0 bridgehead atoms. The number of piperazine rings is 1. The molecule has 6 heteroatoms. The van der Waals surface area contributed by atoms with Crippen molar-refractivity contribution in [1.82, 2.24) is 9.80 Å². The molecule has 0 atom stereocenters. The van der Waals surface area contributed by atoms with Gasteiger partial charge in [-0.1, -0.05) is 17.7 Å². The maximum absolute atomic E-state index is 12.5. The van der Waals surface area contributed by atoms with Crippen LogP contribution in [0.4, 0.5) is 5.69 Å². The van der Waals surface area contributed by atoms with Crippen molar-refractivity contribution >= 4 is 29.1 Å². The van der Waals surface area contributed by atoms with Gasteiger partial charge in [-0.3, -0.25) is 9.59 Å². The third-order valence-corrected chi connectivity index (χ3v) is 5.01. The number of anilines is 1. The predicted octanol–water partition coefficient (Wildman–Crippen LogP) is 1.78. The first-order chi connectivity index (χ1) is 11.0. The van der Waals surface area contributed by atoms with Gasteiger partial charge in [0.05, 0.1) is 5.92 Å². The molecule has 0 unspecified atom stereocenters. The van der Waals surface area contributed by atoms with Crippen molar-refractivity contribution in [2.45, 2.75) is 13.8 Å². The predicted molar refractivity (Wildman–Crippen MR) is 90.7 cm³/mol. The van der Waals surface area contributed by atoms with Crippen LogP contribution >= 0.6 is 11.6 Å². The van der Waals surface area contributed by atoms with Gasteiger partial charge in [0.25, 0.3) is 0 Å². The Morgan fingerprint density at radius 1 is 1.09 bits per heavy atom. The van der Waals surface area contributed by atoms with E-state index in [4.69, 9.17) is 11.6 Å². The second kappa shape index (κ2) is 6.40. The molecule has 2 fully saturated rings. The molecule has 2 heterocycles. The number of halogens is 1. The van der Waals surface area contributed by atoms with Gasteiger partial charge in [-0.15, -0.1) is 0 Å². The minimum absolute atomic E-state index is 0.0154. The molecule has 0 N–H and O–H groups in total. The summed E-state index contributed by atoms with van der Waals surface area (Å²) < 4.78 is 0. The Labute approximate surface area is 141 Å². The lowest BCUT2D eigenvalue weighted by Crippen LogP contribution is -2.58. The molecule has 2 aliphatic rings. The van der Waals surface area contributed by atoms with Gasteiger partial charge in [-0.25, -0.2) is 0 Å². The van der Waals surface area contributed by atoms with Crippen LogP contribution in [0.25, 0.3) is 0 Å². The SMILES string of the molecule is CC(=O)N1CC(C(=O)N2CCN(c3cc(Cl)ccc3C)CC2)C1. The number of aryl methyl sites for hydroxylation is 1. The minimum atomic E-state index is -0.0154. The van der Waals surface area contributed by atoms with Crippen molar-refractivity contribution in [3.05, 3.63) is 28.8 Å². The van der Waals surface area contributed by atoms with Crippen molar-refractivity contribution < 1.29 is 9.59 Å². The summed E-state index contributed by atoms with van der Waals surface area (Å²) >= 11 is 6.10. The summed E-state index contributed by atoms with van der Waals surface area (Å²) in [4.78, 5) is 29.6. The van der Waals surface area contributed by atoms with Crippen LogP contribution in [-0.2, 0) is 9.59 Å². The maximum Gasteiger partial charge on any atom is 0.229 e. The number of carbonyl (C=O) groups excluding carboxylic acids is 2. The van der Waals surface area contributed by atoms with Gasteiger partial charge in [-0.2, -0.15) is 0 Å². The van der Waals surface area contributed by atoms with Gasteiger partial charge < -0.3 is 14.7 Å². The van der Waals surface area contributed by atoms with Gasteiger partial charge in [0.1, 0.15) is 0 Å². The van der Waals surface area contributed by atoms with Gasteiger partial charge in [0.2, 0.25) is 11.8 Å². The van der Waals surface area contributed by atoms with Crippen LogP contribution in [0.3, 0.4) is 0 Å². The molecule has 2 saturated heterocycles. The van der Waals surface area contributed by atoms with Crippen molar-refractivity contribution in [2.75, 3.05) is 44.2 Å². The molecule has 5 nitrogen and oxygen atoms in total. The van der Waals surface area contributed by atoms with Crippen molar-refractivity contribution in [3.8, 4) is 0 Å². The van der Waals surface area contributed by atoms with E-state index in [0.717, 1.165) is 36.9 Å². The number of rotatable bonds is 2. The first kappa shape index (κ1) is 16.1. The Hall–Kier alpha value is -1.75. The normalized spacial score (nSPS) is 18.8. The van der Waals surface area contributed by atoms with Crippen LogP contribution in [0.5, 0.6) is 0 Å². The molecular weight excluding hydrogens is 314 g/mol. The molecular formula is C17H22ClN3O2. The summed E-state index contributed by atoms with van der Waals surface area (Å²) in [5.41, 5.74) is 2.35. The molecule has 0 radical (unpaired) electrons. The van der Waals surface area contributed by atoms with Crippen LogP contribution in [-0.4, -0.2) is 60.9 Å². The molecule has 3 rings (SSSR count). The third-order valence-electron chi connectivity index (χ3n) is 4.78. The van der Waals surface area contributed by atoms with E-state index in [0.29, 0.717) is 13.1 Å². The van der Waals surface area contributed by atoms with E-state index in [1.807, 2.05) is 23.1 Å². The fourth-order valence-electron chi connectivity index (χ4n) is 3.24. The summed E-state index contributed by atoms with van der Waals surface area (Å²) in [5, 5.41) is 0.739. The molecule has 0 spiro atoms. The fraction of sp³-hybridized carbons (Fsp3) is 0.529. The van der Waals surface area contributed by atoms with Crippen LogP contribution in [0, 0.1) is 12.8 Å². The van der Waals surface area contributed by atoms with E-state index in [9.17, 15) is 9.59 Å². The Bertz CT molecular complexity index is 620. The molecule has 23 heavy (non-hydrogen) atoms. The lowest BCUT2D eigenvalue weighted by atomic mass is 9.98. The molecule has 124 valence electrons. The monoisotopic (exact) mass is 335 g/mol. The van der Waals surface area contributed by atoms with E-state index in [1.165, 1.54) is 5.56 Å². The average molecular weight is 336 g/mol. The van der Waals surface area contributed by atoms with Crippen LogP contribution < -0.4 is 4.90 Å². The standard InChI is InChI=1S/C17H22ClN3O2/c1-12-3-4-15(18)9-16(12)19-5-7-20(8-6-19)17(23)14-10-21(11-14)13(2)22/h3-4,9,14H,5-8,10-11H2,1-2H3. The lowest BCUT2D eigenvalue weighted by Gasteiger charge is -2.43. The number of carbonyl (C=O) groups is 2. The summed E-state index contributed by atoms with van der Waals surface area (Å²) in [7, 11) is 0. The second-order valence-electron chi connectivity index (χ2n) is 6.36. The number of nitrogens with zero attached hydrogens (tertiary/aromatic N) is 3. The number of hydrogen-bond donors (Lipinski definition) is 0. The molecule has 2 amide bonds. The van der Waals surface area contributed by atoms with Crippen LogP contribution in [0.15, 0.2) is 18.2 Å². The van der Waals surface area contributed by atoms with Crippen molar-refractivity contribution in [3.63, 3.8) is 0 Å². The molecule has 0 aromatic heterocycles. The number of likely N-dealkylation sites (tertiary alicyclic amines) is 1. The average Bonchev–Trinajstić information content (AvgIpc) is 2.48. The van der Waals surface area contributed by atoms with Gasteiger partial charge >= 0.3 is 0 Å². The molecule has 0 saturated carbocycles. The van der Waals surface area contributed by atoms with E-state index in [1.54, 1.807) is 11.8 Å². The number of amides is 2. The highest BCUT2D eigenvalue weighted by Gasteiger charge is 2.37. The summed E-state index contributed by atoms with van der Waals surface area (Å²) in [5.74, 6) is 0.221. The summed E-state index contributed by atoms with van der Waals surface area (Å²) in [6.07, 6.45) is 0. The Morgan fingerprint density at radius 2 is 1.74 bits per heavy atom. The van der Waals surface area contributed by atoms with E-state index in [-0.39, 0.29) is 17.7 Å². The van der Waals surface area contributed by atoms with Crippen molar-refractivity contribution in [1.29, 1.82) is 0 Å². The maximum atomic E-state index is 12.5. The summed E-state index contributed by atoms with van der Waals surface area (Å²) in [6.45, 7) is 7.85. The van der Waals surface area contributed by atoms with Crippen molar-refractivity contribution in [2.24, 2.45) is 5.92 Å². The van der Waals surface area contributed by atoms with E-state index < -0.39 is 0 Å². The number of benzene rings is 1.